The molecule has 2 aromatic rings. The lowest BCUT2D eigenvalue weighted by Gasteiger charge is -2.32. The number of halogens is 2. The fourth-order valence-corrected chi connectivity index (χ4v) is 4.16. The summed E-state index contributed by atoms with van der Waals surface area (Å²) in [6.07, 6.45) is 6.17. The van der Waals surface area contributed by atoms with Crippen LogP contribution in [0, 0.1) is 12.8 Å². The molecule has 166 valence electrons. The molecule has 1 aromatic heterocycles. The summed E-state index contributed by atoms with van der Waals surface area (Å²) in [5, 5.41) is 6.40. The molecule has 2 N–H and O–H groups in total. The number of nitrogens with one attached hydrogen (secondary N) is 2. The number of rotatable bonds is 6. The van der Waals surface area contributed by atoms with Crippen LogP contribution < -0.4 is 10.6 Å². The van der Waals surface area contributed by atoms with Crippen LogP contribution in [-0.4, -0.2) is 48.0 Å². The molecule has 3 heterocycles. The van der Waals surface area contributed by atoms with Crippen LogP contribution in [0.25, 0.3) is 11.3 Å². The first-order chi connectivity index (χ1) is 13.7. The molecule has 2 fully saturated rings. The van der Waals surface area contributed by atoms with Crippen LogP contribution in [0.15, 0.2) is 34.9 Å². The van der Waals surface area contributed by atoms with Crippen LogP contribution in [-0.2, 0) is 11.3 Å². The second-order valence-electron chi connectivity index (χ2n) is 8.12. The molecule has 2 atom stereocenters. The summed E-state index contributed by atoms with van der Waals surface area (Å²) in [5.74, 6) is 2.23. The lowest BCUT2D eigenvalue weighted by molar-refractivity contribution is -0.123. The lowest BCUT2D eigenvalue weighted by atomic mass is 9.98. The van der Waals surface area contributed by atoms with Crippen molar-refractivity contribution in [3.8, 4) is 11.3 Å². The highest BCUT2D eigenvalue weighted by Crippen LogP contribution is 2.23. The van der Waals surface area contributed by atoms with E-state index in [4.69, 9.17) is 4.42 Å². The summed E-state index contributed by atoms with van der Waals surface area (Å²) >= 11 is 0. The van der Waals surface area contributed by atoms with Crippen molar-refractivity contribution in [2.45, 2.75) is 45.2 Å². The number of hydrogen-bond acceptors (Lipinski definition) is 5. The van der Waals surface area contributed by atoms with E-state index in [0.717, 1.165) is 75.6 Å². The van der Waals surface area contributed by atoms with Crippen molar-refractivity contribution in [1.82, 2.24) is 20.5 Å². The van der Waals surface area contributed by atoms with Crippen molar-refractivity contribution >= 4 is 30.7 Å². The molecule has 2 aliphatic heterocycles. The van der Waals surface area contributed by atoms with Gasteiger partial charge in [0, 0.05) is 18.7 Å². The zero-order chi connectivity index (χ0) is 19.3. The Balaban J connectivity index is 0.00000160. The van der Waals surface area contributed by atoms with Gasteiger partial charge in [-0.3, -0.25) is 9.69 Å². The van der Waals surface area contributed by atoms with E-state index >= 15 is 0 Å². The Morgan fingerprint density at radius 1 is 1.23 bits per heavy atom. The average molecular weight is 455 g/mol. The maximum Gasteiger partial charge on any atom is 0.237 e. The number of aryl methyl sites for hydroxylation is 1. The van der Waals surface area contributed by atoms with E-state index in [1.54, 1.807) is 0 Å². The maximum atomic E-state index is 12.2. The second-order valence-corrected chi connectivity index (χ2v) is 8.12. The fraction of sp³-hybridized carbons (Fsp3) is 0.545. The fourth-order valence-electron chi connectivity index (χ4n) is 4.16. The Labute approximate surface area is 191 Å². The van der Waals surface area contributed by atoms with Gasteiger partial charge in [-0.2, -0.15) is 0 Å². The zero-order valence-electron chi connectivity index (χ0n) is 17.4. The summed E-state index contributed by atoms with van der Waals surface area (Å²) in [7, 11) is 0. The van der Waals surface area contributed by atoms with Crippen molar-refractivity contribution in [2.75, 3.05) is 26.2 Å². The second kappa shape index (κ2) is 11.7. The van der Waals surface area contributed by atoms with Gasteiger partial charge in [0.2, 0.25) is 11.8 Å². The van der Waals surface area contributed by atoms with E-state index in [2.05, 4.69) is 51.7 Å². The van der Waals surface area contributed by atoms with E-state index in [-0.39, 0.29) is 36.8 Å². The molecule has 4 rings (SSSR count). The van der Waals surface area contributed by atoms with E-state index in [1.165, 1.54) is 5.56 Å². The first-order valence-electron chi connectivity index (χ1n) is 10.4. The molecule has 0 aliphatic carbocycles. The van der Waals surface area contributed by atoms with Crippen molar-refractivity contribution in [3.63, 3.8) is 0 Å². The van der Waals surface area contributed by atoms with Crippen LogP contribution in [0.3, 0.4) is 0 Å². The van der Waals surface area contributed by atoms with Gasteiger partial charge in [-0.1, -0.05) is 29.8 Å². The maximum absolute atomic E-state index is 12.2. The molecule has 0 spiro atoms. The highest BCUT2D eigenvalue weighted by molar-refractivity contribution is 5.85. The van der Waals surface area contributed by atoms with Crippen LogP contribution in [0.4, 0.5) is 0 Å². The molecule has 6 nitrogen and oxygen atoms in total. The number of aromatic nitrogens is 1. The average Bonchev–Trinajstić information content (AvgIpc) is 3.39. The minimum Gasteiger partial charge on any atom is -0.439 e. The molecule has 1 aromatic carbocycles. The van der Waals surface area contributed by atoms with Crippen LogP contribution in [0.5, 0.6) is 0 Å². The van der Waals surface area contributed by atoms with Gasteiger partial charge < -0.3 is 15.1 Å². The Hall–Kier alpha value is -1.60. The predicted molar refractivity (Wildman–Crippen MR) is 123 cm³/mol. The normalized spacial score (nSPS) is 21.5. The van der Waals surface area contributed by atoms with Gasteiger partial charge in [-0.25, -0.2) is 4.98 Å². The summed E-state index contributed by atoms with van der Waals surface area (Å²) in [4.78, 5) is 19.1. The summed E-state index contributed by atoms with van der Waals surface area (Å²) in [5.41, 5.74) is 2.29. The molecule has 2 aliphatic rings. The standard InChI is InChI=1S/C22H30N4O2.2ClH/c1-16-6-8-18(9-7-16)20-13-24-21(28-20)15-26-11-3-4-17(14-26)12-25-22(27)19-5-2-10-23-19;;/h6-9,13,17,19,23H,2-5,10-12,14-15H2,1H3,(H,25,27);2*1H. The zero-order valence-corrected chi connectivity index (χ0v) is 19.1. The van der Waals surface area contributed by atoms with Crippen LogP contribution in [0.1, 0.15) is 37.1 Å². The summed E-state index contributed by atoms with van der Waals surface area (Å²) in [6, 6.07) is 8.31. The number of benzene rings is 1. The molecule has 30 heavy (non-hydrogen) atoms. The smallest absolute Gasteiger partial charge is 0.237 e. The number of nitrogens with zero attached hydrogens (tertiary/aromatic N) is 2. The Kier molecular flexibility index (Phi) is 9.62. The molecular formula is C22H32Cl2N4O2. The third kappa shape index (κ3) is 6.45. The lowest BCUT2D eigenvalue weighted by Crippen LogP contribution is -2.45. The van der Waals surface area contributed by atoms with E-state index in [0.29, 0.717) is 5.92 Å². The van der Waals surface area contributed by atoms with Crippen molar-refractivity contribution < 1.29 is 9.21 Å². The molecule has 0 saturated carbocycles. The number of carbonyl (C=O) groups is 1. The summed E-state index contributed by atoms with van der Waals surface area (Å²) < 4.78 is 5.98. The topological polar surface area (TPSA) is 70.4 Å². The highest BCUT2D eigenvalue weighted by atomic mass is 35.5. The molecule has 0 radical (unpaired) electrons. The van der Waals surface area contributed by atoms with Gasteiger partial charge in [0.1, 0.15) is 0 Å². The van der Waals surface area contributed by atoms with Gasteiger partial charge in [-0.15, -0.1) is 24.8 Å². The molecule has 1 amide bonds. The minimum absolute atomic E-state index is 0. The van der Waals surface area contributed by atoms with Crippen molar-refractivity contribution in [2.24, 2.45) is 5.92 Å². The molecular weight excluding hydrogens is 423 g/mol. The number of carbonyl (C=O) groups excluding carboxylic acids is 1. The molecule has 0 bridgehead atoms. The number of oxazole rings is 1. The number of likely N-dealkylation sites (tertiary alicyclic amines) is 1. The van der Waals surface area contributed by atoms with E-state index in [1.807, 2.05) is 6.20 Å². The SMILES string of the molecule is Cc1ccc(-c2cnc(CN3CCCC(CNC(=O)C4CCCN4)C3)o2)cc1.Cl.Cl. The third-order valence-electron chi connectivity index (χ3n) is 5.79. The number of amides is 1. The van der Waals surface area contributed by atoms with Crippen LogP contribution >= 0.6 is 24.8 Å². The van der Waals surface area contributed by atoms with Gasteiger partial charge in [0.05, 0.1) is 18.8 Å². The van der Waals surface area contributed by atoms with Gasteiger partial charge in [0.15, 0.2) is 5.76 Å². The van der Waals surface area contributed by atoms with Crippen molar-refractivity contribution in [1.29, 1.82) is 0 Å². The van der Waals surface area contributed by atoms with E-state index < -0.39 is 0 Å². The molecule has 2 unspecified atom stereocenters. The highest BCUT2D eigenvalue weighted by Gasteiger charge is 2.25. The van der Waals surface area contributed by atoms with Gasteiger partial charge in [0.25, 0.3) is 0 Å². The first-order valence-corrected chi connectivity index (χ1v) is 10.4. The minimum atomic E-state index is 0. The Bertz CT molecular complexity index is 791. The quantitative estimate of drug-likeness (QED) is 0.697. The summed E-state index contributed by atoms with van der Waals surface area (Å²) in [6.45, 7) is 6.54. The van der Waals surface area contributed by atoms with Crippen molar-refractivity contribution in [3.05, 3.63) is 41.9 Å². The number of piperidine rings is 1. The number of hydrogen-bond donors (Lipinski definition) is 2. The predicted octanol–water partition coefficient (Wildman–Crippen LogP) is 3.57. The monoisotopic (exact) mass is 454 g/mol. The third-order valence-corrected chi connectivity index (χ3v) is 5.79. The van der Waals surface area contributed by atoms with Gasteiger partial charge in [-0.05, 0) is 51.6 Å². The first kappa shape index (κ1) is 24.7. The largest absolute Gasteiger partial charge is 0.439 e. The molecule has 8 heteroatoms. The van der Waals surface area contributed by atoms with Gasteiger partial charge >= 0.3 is 0 Å². The Morgan fingerprint density at radius 2 is 2.03 bits per heavy atom. The van der Waals surface area contributed by atoms with E-state index in [9.17, 15) is 4.79 Å². The van der Waals surface area contributed by atoms with Crippen LogP contribution in [0.2, 0.25) is 0 Å². The Morgan fingerprint density at radius 3 is 2.77 bits per heavy atom. The molecule has 2 saturated heterocycles.